The van der Waals surface area contributed by atoms with Gasteiger partial charge < -0.3 is 14.5 Å². The lowest BCUT2D eigenvalue weighted by atomic mass is 9.97. The lowest BCUT2D eigenvalue weighted by Crippen LogP contribution is -2.50. The van der Waals surface area contributed by atoms with E-state index in [9.17, 15) is 9.59 Å². The highest BCUT2D eigenvalue weighted by Crippen LogP contribution is 2.26. The van der Waals surface area contributed by atoms with Crippen LogP contribution < -0.4 is 4.90 Å². The molecule has 0 atom stereocenters. The van der Waals surface area contributed by atoms with Crippen LogP contribution >= 0.6 is 0 Å². The molecular weight excluding hydrogens is 316 g/mol. The summed E-state index contributed by atoms with van der Waals surface area (Å²) in [5.41, 5.74) is 2.34. The summed E-state index contributed by atoms with van der Waals surface area (Å²) in [6.45, 7) is 14.1. The van der Waals surface area contributed by atoms with E-state index in [0.29, 0.717) is 26.2 Å². The Bertz CT molecular complexity index is 639. The minimum Gasteiger partial charge on any atom is -0.444 e. The lowest BCUT2D eigenvalue weighted by Gasteiger charge is -2.37. The topological polar surface area (TPSA) is 49.9 Å². The van der Waals surface area contributed by atoms with Gasteiger partial charge in [0.1, 0.15) is 5.60 Å². The molecule has 5 heteroatoms. The molecule has 1 amide bonds. The summed E-state index contributed by atoms with van der Waals surface area (Å²) in [4.78, 5) is 28.7. The maximum absolute atomic E-state index is 12.6. The lowest BCUT2D eigenvalue weighted by molar-refractivity contribution is 0.0240. The predicted molar refractivity (Wildman–Crippen MR) is 100 cm³/mol. The van der Waals surface area contributed by atoms with Gasteiger partial charge in [-0.15, -0.1) is 0 Å². The third kappa shape index (κ3) is 4.97. The van der Waals surface area contributed by atoms with E-state index in [2.05, 4.69) is 4.90 Å². The van der Waals surface area contributed by atoms with Crippen LogP contribution in [0.5, 0.6) is 0 Å². The van der Waals surface area contributed by atoms with Gasteiger partial charge in [-0.2, -0.15) is 0 Å². The van der Waals surface area contributed by atoms with E-state index in [1.165, 1.54) is 0 Å². The molecule has 0 radical (unpaired) electrons. The van der Waals surface area contributed by atoms with Crippen LogP contribution in [0.4, 0.5) is 10.5 Å². The molecule has 0 spiro atoms. The number of amides is 1. The second-order valence-electron chi connectivity index (χ2n) is 7.99. The summed E-state index contributed by atoms with van der Waals surface area (Å²) in [5.74, 6) is 0.122. The van der Waals surface area contributed by atoms with Gasteiger partial charge in [0.2, 0.25) is 0 Å². The Labute approximate surface area is 150 Å². The molecule has 0 N–H and O–H groups in total. The number of anilines is 1. The van der Waals surface area contributed by atoms with Crippen LogP contribution in [0.25, 0.3) is 0 Å². The molecule has 1 saturated heterocycles. The van der Waals surface area contributed by atoms with Crippen molar-refractivity contribution in [2.45, 2.75) is 47.1 Å². The van der Waals surface area contributed by atoms with Gasteiger partial charge in [-0.3, -0.25) is 4.79 Å². The number of Topliss-reactive ketones (excluding diaryl/α,β-unsaturated/α-hetero) is 1. The number of hydrogen-bond acceptors (Lipinski definition) is 4. The van der Waals surface area contributed by atoms with Gasteiger partial charge in [-0.05, 0) is 39.8 Å². The van der Waals surface area contributed by atoms with Crippen molar-refractivity contribution in [2.24, 2.45) is 5.92 Å². The van der Waals surface area contributed by atoms with E-state index in [-0.39, 0.29) is 17.8 Å². The summed E-state index contributed by atoms with van der Waals surface area (Å²) >= 11 is 0. The van der Waals surface area contributed by atoms with Crippen molar-refractivity contribution < 1.29 is 14.3 Å². The van der Waals surface area contributed by atoms with Crippen molar-refractivity contribution >= 4 is 17.6 Å². The highest BCUT2D eigenvalue weighted by atomic mass is 16.6. The molecule has 1 aromatic rings. The molecule has 2 rings (SSSR count). The third-order valence-corrected chi connectivity index (χ3v) is 4.21. The van der Waals surface area contributed by atoms with Crippen LogP contribution in [0.1, 0.15) is 50.5 Å². The van der Waals surface area contributed by atoms with E-state index >= 15 is 0 Å². The average Bonchev–Trinajstić information content (AvgIpc) is 2.52. The molecule has 1 aromatic carbocycles. The largest absolute Gasteiger partial charge is 0.444 e. The SMILES string of the molecule is Cc1ccc(N2CCN(C(=O)OC(C)(C)C)CC2)c(C(=O)C(C)C)c1. The quantitative estimate of drug-likeness (QED) is 0.779. The number of hydrogen-bond donors (Lipinski definition) is 0. The molecule has 0 aliphatic carbocycles. The highest BCUT2D eigenvalue weighted by molar-refractivity contribution is 6.02. The Kier molecular flexibility index (Phi) is 5.76. The Hall–Kier alpha value is -2.04. The molecule has 138 valence electrons. The minimum atomic E-state index is -0.484. The maximum atomic E-state index is 12.6. The van der Waals surface area contributed by atoms with Crippen molar-refractivity contribution in [1.82, 2.24) is 4.90 Å². The predicted octanol–water partition coefficient (Wildman–Crippen LogP) is 3.89. The van der Waals surface area contributed by atoms with Crippen LogP contribution in [0, 0.1) is 12.8 Å². The van der Waals surface area contributed by atoms with E-state index in [1.54, 1.807) is 4.90 Å². The molecule has 0 unspecified atom stereocenters. The molecule has 0 saturated carbocycles. The second-order valence-corrected chi connectivity index (χ2v) is 7.99. The summed E-state index contributed by atoms with van der Waals surface area (Å²) in [6, 6.07) is 6.03. The Balaban J connectivity index is 2.11. The van der Waals surface area contributed by atoms with E-state index in [1.807, 2.05) is 59.7 Å². The molecule has 0 bridgehead atoms. The number of benzene rings is 1. The van der Waals surface area contributed by atoms with Crippen molar-refractivity contribution in [2.75, 3.05) is 31.1 Å². The van der Waals surface area contributed by atoms with E-state index < -0.39 is 5.60 Å². The summed E-state index contributed by atoms with van der Waals surface area (Å²) in [6.07, 6.45) is -0.269. The average molecular weight is 346 g/mol. The zero-order chi connectivity index (χ0) is 18.8. The molecule has 1 aliphatic heterocycles. The van der Waals surface area contributed by atoms with Crippen LogP contribution in [0.2, 0.25) is 0 Å². The molecular formula is C20H30N2O3. The first-order valence-corrected chi connectivity index (χ1v) is 8.96. The zero-order valence-electron chi connectivity index (χ0n) is 16.3. The monoisotopic (exact) mass is 346 g/mol. The molecule has 1 aliphatic rings. The van der Waals surface area contributed by atoms with Gasteiger partial charge in [0.25, 0.3) is 0 Å². The number of nitrogens with zero attached hydrogens (tertiary/aromatic N) is 2. The van der Waals surface area contributed by atoms with Gasteiger partial charge in [-0.25, -0.2) is 4.79 Å². The molecule has 25 heavy (non-hydrogen) atoms. The number of aryl methyl sites for hydroxylation is 1. The number of carbonyl (C=O) groups is 2. The normalized spacial score (nSPS) is 15.5. The van der Waals surface area contributed by atoms with Gasteiger partial charge in [0, 0.05) is 43.3 Å². The first-order valence-electron chi connectivity index (χ1n) is 8.96. The number of ether oxygens (including phenoxy) is 1. The summed E-state index contributed by atoms with van der Waals surface area (Å²) < 4.78 is 5.44. The summed E-state index contributed by atoms with van der Waals surface area (Å²) in [5, 5.41) is 0. The third-order valence-electron chi connectivity index (χ3n) is 4.21. The van der Waals surface area contributed by atoms with Crippen LogP contribution in [-0.4, -0.2) is 48.6 Å². The van der Waals surface area contributed by atoms with Crippen molar-refractivity contribution in [1.29, 1.82) is 0 Å². The van der Waals surface area contributed by atoms with Crippen molar-refractivity contribution in [3.05, 3.63) is 29.3 Å². The fraction of sp³-hybridized carbons (Fsp3) is 0.600. The standard InChI is InChI=1S/C20H30N2O3/c1-14(2)18(23)16-13-15(3)7-8-17(16)21-9-11-22(12-10-21)19(24)25-20(4,5)6/h7-8,13-14H,9-12H2,1-6H3. The van der Waals surface area contributed by atoms with Crippen LogP contribution in [0.3, 0.4) is 0 Å². The second kappa shape index (κ2) is 7.46. The molecule has 0 aromatic heterocycles. The Morgan fingerprint density at radius 1 is 1.08 bits per heavy atom. The first kappa shape index (κ1) is 19.3. The number of ketones is 1. The van der Waals surface area contributed by atoms with Crippen molar-refractivity contribution in [3.63, 3.8) is 0 Å². The number of piperazine rings is 1. The van der Waals surface area contributed by atoms with Crippen LogP contribution in [0.15, 0.2) is 18.2 Å². The van der Waals surface area contributed by atoms with Gasteiger partial charge in [-0.1, -0.05) is 25.5 Å². The Morgan fingerprint density at radius 3 is 2.20 bits per heavy atom. The molecule has 1 fully saturated rings. The van der Waals surface area contributed by atoms with Gasteiger partial charge in [0.15, 0.2) is 5.78 Å². The molecule has 5 nitrogen and oxygen atoms in total. The number of carbonyl (C=O) groups excluding carboxylic acids is 2. The van der Waals surface area contributed by atoms with Crippen LogP contribution in [-0.2, 0) is 4.74 Å². The Morgan fingerprint density at radius 2 is 1.68 bits per heavy atom. The van der Waals surface area contributed by atoms with E-state index in [0.717, 1.165) is 16.8 Å². The van der Waals surface area contributed by atoms with Crippen molar-refractivity contribution in [3.8, 4) is 0 Å². The van der Waals surface area contributed by atoms with Gasteiger partial charge >= 0.3 is 6.09 Å². The first-order chi connectivity index (χ1) is 11.6. The zero-order valence-corrected chi connectivity index (χ0v) is 16.3. The maximum Gasteiger partial charge on any atom is 0.410 e. The number of rotatable bonds is 3. The fourth-order valence-electron chi connectivity index (χ4n) is 2.89. The smallest absolute Gasteiger partial charge is 0.410 e. The van der Waals surface area contributed by atoms with Gasteiger partial charge in [0.05, 0.1) is 0 Å². The fourth-order valence-corrected chi connectivity index (χ4v) is 2.89. The minimum absolute atomic E-state index is 0.0383. The van der Waals surface area contributed by atoms with E-state index in [4.69, 9.17) is 4.74 Å². The summed E-state index contributed by atoms with van der Waals surface area (Å²) in [7, 11) is 0. The highest BCUT2D eigenvalue weighted by Gasteiger charge is 2.27. The molecule has 1 heterocycles.